The quantitative estimate of drug-likeness (QED) is 0.773. The van der Waals surface area contributed by atoms with Crippen LogP contribution < -0.4 is 0 Å². The highest BCUT2D eigenvalue weighted by Crippen LogP contribution is 2.39. The number of carboxylic acid groups (broad SMARTS) is 1. The first kappa shape index (κ1) is 8.85. The van der Waals surface area contributed by atoms with Crippen LogP contribution in [-0.4, -0.2) is 21.3 Å². The van der Waals surface area contributed by atoms with E-state index in [0.717, 1.165) is 16.0 Å². The molecule has 1 atom stereocenters. The monoisotopic (exact) mass is 219 g/mol. The molecule has 4 heteroatoms. The van der Waals surface area contributed by atoms with Crippen molar-refractivity contribution >= 4 is 28.6 Å². The zero-order chi connectivity index (χ0) is 10.4. The van der Waals surface area contributed by atoms with E-state index in [0.29, 0.717) is 6.42 Å². The second kappa shape index (κ2) is 3.03. The standard InChI is InChI=1S/C11H9NO2S/c13-11(14)9-4-6-5-12-7-2-1-3-8(15-9)10(6)7/h1-3,5,9,12H,4H2,(H,13,14)/t9-/m1/s1. The van der Waals surface area contributed by atoms with Gasteiger partial charge in [-0.1, -0.05) is 6.07 Å². The van der Waals surface area contributed by atoms with Gasteiger partial charge in [0.25, 0.3) is 0 Å². The Balaban J connectivity index is 2.20. The third kappa shape index (κ3) is 1.25. The lowest BCUT2D eigenvalue weighted by Gasteiger charge is -2.18. The Labute approximate surface area is 90.5 Å². The molecule has 1 aromatic carbocycles. The molecule has 2 heterocycles. The molecule has 2 aromatic rings. The summed E-state index contributed by atoms with van der Waals surface area (Å²) >= 11 is 1.44. The number of carboxylic acids is 1. The maximum absolute atomic E-state index is 11.0. The molecule has 0 unspecified atom stereocenters. The number of carbonyl (C=O) groups is 1. The van der Waals surface area contributed by atoms with E-state index in [1.54, 1.807) is 0 Å². The normalized spacial score (nSPS) is 19.3. The van der Waals surface area contributed by atoms with Crippen LogP contribution >= 0.6 is 11.8 Å². The molecular weight excluding hydrogens is 210 g/mol. The molecule has 1 aliphatic rings. The van der Waals surface area contributed by atoms with Gasteiger partial charge in [0, 0.05) is 22.0 Å². The maximum Gasteiger partial charge on any atom is 0.317 e. The summed E-state index contributed by atoms with van der Waals surface area (Å²) in [5.41, 5.74) is 2.21. The van der Waals surface area contributed by atoms with Gasteiger partial charge in [0.1, 0.15) is 5.25 Å². The number of aromatic nitrogens is 1. The molecule has 0 radical (unpaired) electrons. The van der Waals surface area contributed by atoms with E-state index in [1.807, 2.05) is 24.4 Å². The van der Waals surface area contributed by atoms with Crippen molar-refractivity contribution in [2.24, 2.45) is 0 Å². The lowest BCUT2D eigenvalue weighted by atomic mass is 10.1. The summed E-state index contributed by atoms with van der Waals surface area (Å²) in [6.45, 7) is 0. The highest BCUT2D eigenvalue weighted by molar-refractivity contribution is 8.00. The van der Waals surface area contributed by atoms with Crippen molar-refractivity contribution in [1.82, 2.24) is 4.98 Å². The summed E-state index contributed by atoms with van der Waals surface area (Å²) < 4.78 is 0. The summed E-state index contributed by atoms with van der Waals surface area (Å²) in [5, 5.41) is 9.87. The lowest BCUT2D eigenvalue weighted by Crippen LogP contribution is -2.21. The SMILES string of the molecule is O=C(O)[C@H]1Cc2c[nH]c3cccc(c23)S1. The molecule has 3 rings (SSSR count). The van der Waals surface area contributed by atoms with E-state index in [9.17, 15) is 4.79 Å². The van der Waals surface area contributed by atoms with E-state index < -0.39 is 5.97 Å². The Morgan fingerprint density at radius 1 is 1.53 bits per heavy atom. The molecule has 0 saturated carbocycles. The van der Waals surface area contributed by atoms with E-state index in [1.165, 1.54) is 17.1 Å². The number of hydrogen-bond acceptors (Lipinski definition) is 2. The number of aliphatic carboxylic acids is 1. The van der Waals surface area contributed by atoms with Gasteiger partial charge in [-0.2, -0.15) is 0 Å². The fourth-order valence-corrected chi connectivity index (χ4v) is 3.20. The van der Waals surface area contributed by atoms with Gasteiger partial charge in [0.2, 0.25) is 0 Å². The van der Waals surface area contributed by atoms with Crippen LogP contribution in [0.5, 0.6) is 0 Å². The van der Waals surface area contributed by atoms with Crippen molar-refractivity contribution in [3.63, 3.8) is 0 Å². The largest absolute Gasteiger partial charge is 0.480 e. The Morgan fingerprint density at radius 3 is 3.20 bits per heavy atom. The molecule has 76 valence electrons. The van der Waals surface area contributed by atoms with Crippen molar-refractivity contribution in [3.05, 3.63) is 30.0 Å². The number of hydrogen-bond donors (Lipinski definition) is 2. The molecule has 3 nitrogen and oxygen atoms in total. The predicted octanol–water partition coefficient (Wildman–Crippen LogP) is 2.27. The number of rotatable bonds is 1. The maximum atomic E-state index is 11.0. The highest BCUT2D eigenvalue weighted by atomic mass is 32.2. The summed E-state index contributed by atoms with van der Waals surface area (Å²) in [5.74, 6) is -0.733. The minimum Gasteiger partial charge on any atom is -0.480 e. The summed E-state index contributed by atoms with van der Waals surface area (Å²) in [6, 6.07) is 5.96. The van der Waals surface area contributed by atoms with Crippen LogP contribution in [0.3, 0.4) is 0 Å². The third-order valence-corrected chi connectivity index (χ3v) is 3.95. The average Bonchev–Trinajstić information content (AvgIpc) is 2.64. The van der Waals surface area contributed by atoms with Crippen LogP contribution in [0, 0.1) is 0 Å². The van der Waals surface area contributed by atoms with Gasteiger partial charge in [-0.3, -0.25) is 4.79 Å². The van der Waals surface area contributed by atoms with Crippen molar-refractivity contribution in [2.75, 3.05) is 0 Å². The fourth-order valence-electron chi connectivity index (χ4n) is 2.01. The van der Waals surface area contributed by atoms with Gasteiger partial charge in [0.15, 0.2) is 0 Å². The number of nitrogens with one attached hydrogen (secondary N) is 1. The Hall–Kier alpha value is -1.42. The molecule has 0 saturated heterocycles. The van der Waals surface area contributed by atoms with E-state index in [-0.39, 0.29) is 5.25 Å². The van der Waals surface area contributed by atoms with E-state index >= 15 is 0 Å². The van der Waals surface area contributed by atoms with Gasteiger partial charge < -0.3 is 10.1 Å². The molecule has 0 spiro atoms. The third-order valence-electron chi connectivity index (χ3n) is 2.70. The number of H-pyrrole nitrogens is 1. The van der Waals surface area contributed by atoms with Gasteiger partial charge in [0.05, 0.1) is 0 Å². The average molecular weight is 219 g/mol. The molecule has 0 bridgehead atoms. The zero-order valence-electron chi connectivity index (χ0n) is 7.86. The molecule has 0 fully saturated rings. The second-order valence-corrected chi connectivity index (χ2v) is 4.89. The number of thioether (sulfide) groups is 1. The summed E-state index contributed by atoms with van der Waals surface area (Å²) in [6.07, 6.45) is 2.53. The Kier molecular flexibility index (Phi) is 1.79. The molecule has 15 heavy (non-hydrogen) atoms. The van der Waals surface area contributed by atoms with E-state index in [4.69, 9.17) is 5.11 Å². The first-order chi connectivity index (χ1) is 7.25. The Bertz CT molecular complexity index is 547. The van der Waals surface area contributed by atoms with Gasteiger partial charge >= 0.3 is 5.97 Å². The number of benzene rings is 1. The smallest absolute Gasteiger partial charge is 0.317 e. The van der Waals surface area contributed by atoms with Crippen molar-refractivity contribution in [3.8, 4) is 0 Å². The van der Waals surface area contributed by atoms with Crippen LogP contribution in [0.25, 0.3) is 10.9 Å². The first-order valence-electron chi connectivity index (χ1n) is 4.74. The van der Waals surface area contributed by atoms with Gasteiger partial charge in [-0.25, -0.2) is 0 Å². The van der Waals surface area contributed by atoms with Crippen LogP contribution in [0.4, 0.5) is 0 Å². The fraction of sp³-hybridized carbons (Fsp3) is 0.182. The van der Waals surface area contributed by atoms with E-state index in [2.05, 4.69) is 4.98 Å². The molecule has 1 aliphatic heterocycles. The zero-order valence-corrected chi connectivity index (χ0v) is 8.67. The van der Waals surface area contributed by atoms with Crippen molar-refractivity contribution < 1.29 is 9.90 Å². The van der Waals surface area contributed by atoms with Crippen LogP contribution in [0.2, 0.25) is 0 Å². The lowest BCUT2D eigenvalue weighted by molar-refractivity contribution is -0.136. The Morgan fingerprint density at radius 2 is 2.40 bits per heavy atom. The molecule has 0 amide bonds. The predicted molar refractivity (Wildman–Crippen MR) is 59.3 cm³/mol. The van der Waals surface area contributed by atoms with Gasteiger partial charge in [-0.15, -0.1) is 11.8 Å². The first-order valence-corrected chi connectivity index (χ1v) is 5.62. The topological polar surface area (TPSA) is 53.1 Å². The highest BCUT2D eigenvalue weighted by Gasteiger charge is 2.26. The van der Waals surface area contributed by atoms with Crippen molar-refractivity contribution in [2.45, 2.75) is 16.6 Å². The van der Waals surface area contributed by atoms with Crippen LogP contribution in [0.1, 0.15) is 5.56 Å². The summed E-state index contributed by atoms with van der Waals surface area (Å²) in [7, 11) is 0. The van der Waals surface area contributed by atoms with Crippen molar-refractivity contribution in [1.29, 1.82) is 0 Å². The van der Waals surface area contributed by atoms with Crippen LogP contribution in [0.15, 0.2) is 29.3 Å². The van der Waals surface area contributed by atoms with Crippen LogP contribution in [-0.2, 0) is 11.2 Å². The second-order valence-electron chi connectivity index (χ2n) is 3.64. The minimum absolute atomic E-state index is 0.348. The molecule has 0 aliphatic carbocycles. The van der Waals surface area contributed by atoms with Gasteiger partial charge in [-0.05, 0) is 24.1 Å². The molecule has 2 N–H and O–H groups in total. The molecular formula is C11H9NO2S. The molecule has 1 aromatic heterocycles. The minimum atomic E-state index is -0.733. The number of aromatic amines is 1. The summed E-state index contributed by atoms with van der Waals surface area (Å²) in [4.78, 5) is 15.2.